The van der Waals surface area contributed by atoms with E-state index in [0.717, 1.165) is 30.0 Å². The molecule has 0 spiro atoms. The number of aromatic nitrogens is 1. The van der Waals surface area contributed by atoms with Crippen molar-refractivity contribution >= 4 is 11.3 Å². The van der Waals surface area contributed by atoms with Crippen LogP contribution < -0.4 is 0 Å². The number of hydrogen-bond acceptors (Lipinski definition) is 3. The van der Waals surface area contributed by atoms with E-state index in [1.807, 2.05) is 6.08 Å². The zero-order valence-corrected chi connectivity index (χ0v) is 11.7. The average Bonchev–Trinajstić information content (AvgIpc) is 2.66. The molecule has 0 aromatic carbocycles. The number of aliphatic hydroxyl groups is 1. The minimum atomic E-state index is -0.661. The van der Waals surface area contributed by atoms with Gasteiger partial charge in [-0.3, -0.25) is 0 Å². The Morgan fingerprint density at radius 3 is 2.76 bits per heavy atom. The fourth-order valence-corrected chi connectivity index (χ4v) is 3.20. The fraction of sp³-hybridized carbons (Fsp3) is 0.643. The van der Waals surface area contributed by atoms with Gasteiger partial charge in [0.1, 0.15) is 0 Å². The Labute approximate surface area is 107 Å². The molecule has 2 nitrogen and oxygen atoms in total. The van der Waals surface area contributed by atoms with E-state index >= 15 is 0 Å². The van der Waals surface area contributed by atoms with Gasteiger partial charge in [-0.15, -0.1) is 11.3 Å². The Bertz CT molecular complexity index is 416. The molecule has 94 valence electrons. The molecule has 2 rings (SSSR count). The molecule has 0 saturated carbocycles. The van der Waals surface area contributed by atoms with E-state index < -0.39 is 5.60 Å². The number of thiazole rings is 1. The normalized spacial score (nSPS) is 25.2. The zero-order chi connectivity index (χ0) is 12.5. The van der Waals surface area contributed by atoms with E-state index in [9.17, 15) is 5.11 Å². The maximum absolute atomic E-state index is 10.4. The lowest BCUT2D eigenvalue weighted by atomic mass is 9.88. The van der Waals surface area contributed by atoms with Crippen LogP contribution in [0.4, 0.5) is 0 Å². The summed E-state index contributed by atoms with van der Waals surface area (Å²) < 4.78 is 0. The number of hydrogen-bond donors (Lipinski definition) is 1. The quantitative estimate of drug-likeness (QED) is 0.817. The van der Waals surface area contributed by atoms with Crippen molar-refractivity contribution in [2.45, 2.75) is 57.5 Å². The molecule has 1 unspecified atom stereocenters. The standard InChI is InChI=1S/C14H21NOS/c1-13(2,3)11-10-17-12(15-11)9-14(16)7-5-4-6-8-14/h5,7,10,16H,4,6,8-9H2,1-3H3. The van der Waals surface area contributed by atoms with Crippen LogP contribution in [0.2, 0.25) is 0 Å². The number of allylic oxidation sites excluding steroid dienone is 1. The molecule has 0 amide bonds. The van der Waals surface area contributed by atoms with Crippen molar-refractivity contribution in [3.63, 3.8) is 0 Å². The van der Waals surface area contributed by atoms with Gasteiger partial charge >= 0.3 is 0 Å². The molecule has 1 heterocycles. The lowest BCUT2D eigenvalue weighted by Crippen LogP contribution is -2.30. The van der Waals surface area contributed by atoms with Crippen LogP contribution in [-0.2, 0) is 11.8 Å². The topological polar surface area (TPSA) is 33.1 Å². The van der Waals surface area contributed by atoms with Crippen LogP contribution in [0.1, 0.15) is 50.7 Å². The Balaban J connectivity index is 2.11. The van der Waals surface area contributed by atoms with Gasteiger partial charge in [-0.1, -0.05) is 32.9 Å². The van der Waals surface area contributed by atoms with Crippen molar-refractivity contribution < 1.29 is 5.11 Å². The lowest BCUT2D eigenvalue weighted by molar-refractivity contribution is 0.0750. The molecule has 17 heavy (non-hydrogen) atoms. The van der Waals surface area contributed by atoms with E-state index in [-0.39, 0.29) is 5.41 Å². The summed E-state index contributed by atoms with van der Waals surface area (Å²) >= 11 is 1.66. The van der Waals surface area contributed by atoms with Crippen LogP contribution in [0, 0.1) is 0 Å². The van der Waals surface area contributed by atoms with Crippen LogP contribution in [-0.4, -0.2) is 15.7 Å². The first-order valence-corrected chi connectivity index (χ1v) is 7.12. The average molecular weight is 251 g/mol. The van der Waals surface area contributed by atoms with Gasteiger partial charge in [0.15, 0.2) is 0 Å². The summed E-state index contributed by atoms with van der Waals surface area (Å²) in [5.74, 6) is 0. The molecular formula is C14H21NOS. The van der Waals surface area contributed by atoms with Crippen molar-refractivity contribution in [1.82, 2.24) is 4.98 Å². The zero-order valence-electron chi connectivity index (χ0n) is 10.9. The van der Waals surface area contributed by atoms with E-state index in [1.165, 1.54) is 0 Å². The molecule has 1 aliphatic carbocycles. The predicted octanol–water partition coefficient (Wildman–Crippen LogP) is 3.45. The van der Waals surface area contributed by atoms with Gasteiger partial charge in [-0.2, -0.15) is 0 Å². The van der Waals surface area contributed by atoms with Crippen LogP contribution in [0.5, 0.6) is 0 Å². The van der Waals surface area contributed by atoms with Crippen LogP contribution >= 0.6 is 11.3 Å². The first kappa shape index (κ1) is 12.8. The molecule has 0 fully saturated rings. The SMILES string of the molecule is CC(C)(C)c1csc(CC2(O)C=CCCC2)n1. The van der Waals surface area contributed by atoms with Crippen LogP contribution in [0.15, 0.2) is 17.5 Å². The van der Waals surface area contributed by atoms with E-state index in [2.05, 4.69) is 37.2 Å². The maximum atomic E-state index is 10.4. The van der Waals surface area contributed by atoms with Crippen LogP contribution in [0.3, 0.4) is 0 Å². The molecule has 1 aliphatic rings. The van der Waals surface area contributed by atoms with Gasteiger partial charge in [0.05, 0.1) is 16.3 Å². The summed E-state index contributed by atoms with van der Waals surface area (Å²) in [5, 5.41) is 13.6. The third kappa shape index (κ3) is 3.17. The monoisotopic (exact) mass is 251 g/mol. The smallest absolute Gasteiger partial charge is 0.0960 e. The van der Waals surface area contributed by atoms with E-state index in [0.29, 0.717) is 6.42 Å². The molecule has 0 bridgehead atoms. The third-order valence-corrected chi connectivity index (χ3v) is 4.03. The summed E-state index contributed by atoms with van der Waals surface area (Å²) in [4.78, 5) is 4.65. The lowest BCUT2D eigenvalue weighted by Gasteiger charge is -2.26. The van der Waals surface area contributed by atoms with Gasteiger partial charge < -0.3 is 5.11 Å². The fourth-order valence-electron chi connectivity index (χ4n) is 2.06. The largest absolute Gasteiger partial charge is 0.385 e. The van der Waals surface area contributed by atoms with Gasteiger partial charge in [0.25, 0.3) is 0 Å². The predicted molar refractivity (Wildman–Crippen MR) is 72.5 cm³/mol. The van der Waals surface area contributed by atoms with Crippen molar-refractivity contribution in [1.29, 1.82) is 0 Å². The number of rotatable bonds is 2. The second kappa shape index (κ2) is 4.54. The summed E-state index contributed by atoms with van der Waals surface area (Å²) in [5.41, 5.74) is 0.561. The van der Waals surface area contributed by atoms with Crippen molar-refractivity contribution in [2.24, 2.45) is 0 Å². The maximum Gasteiger partial charge on any atom is 0.0960 e. The van der Waals surface area contributed by atoms with Crippen molar-refractivity contribution in [2.75, 3.05) is 0 Å². The highest BCUT2D eigenvalue weighted by Crippen LogP contribution is 2.29. The summed E-state index contributed by atoms with van der Waals surface area (Å²) in [6.45, 7) is 6.50. The van der Waals surface area contributed by atoms with E-state index in [1.54, 1.807) is 11.3 Å². The Morgan fingerprint density at radius 1 is 1.47 bits per heavy atom. The molecule has 0 saturated heterocycles. The highest BCUT2D eigenvalue weighted by molar-refractivity contribution is 7.09. The molecule has 0 radical (unpaired) electrons. The number of nitrogens with zero attached hydrogens (tertiary/aromatic N) is 1. The first-order valence-electron chi connectivity index (χ1n) is 6.24. The molecular weight excluding hydrogens is 230 g/mol. The second-order valence-corrected chi connectivity index (χ2v) is 6.89. The summed E-state index contributed by atoms with van der Waals surface area (Å²) in [6.07, 6.45) is 7.71. The van der Waals surface area contributed by atoms with Crippen LogP contribution in [0.25, 0.3) is 0 Å². The highest BCUT2D eigenvalue weighted by Gasteiger charge is 2.27. The molecule has 3 heteroatoms. The minimum Gasteiger partial charge on any atom is -0.385 e. The van der Waals surface area contributed by atoms with Gasteiger partial charge in [0, 0.05) is 17.2 Å². The molecule has 1 atom stereocenters. The highest BCUT2D eigenvalue weighted by atomic mass is 32.1. The molecule has 1 N–H and O–H groups in total. The van der Waals surface area contributed by atoms with Crippen molar-refractivity contribution in [3.8, 4) is 0 Å². The first-order chi connectivity index (χ1) is 7.89. The third-order valence-electron chi connectivity index (χ3n) is 3.19. The Morgan fingerprint density at radius 2 is 2.24 bits per heavy atom. The van der Waals surface area contributed by atoms with Gasteiger partial charge in [-0.05, 0) is 19.3 Å². The summed E-state index contributed by atoms with van der Waals surface area (Å²) in [7, 11) is 0. The molecule has 1 aromatic rings. The minimum absolute atomic E-state index is 0.0970. The van der Waals surface area contributed by atoms with Crippen molar-refractivity contribution in [3.05, 3.63) is 28.2 Å². The second-order valence-electron chi connectivity index (χ2n) is 5.95. The van der Waals surface area contributed by atoms with Gasteiger partial charge in [-0.25, -0.2) is 4.98 Å². The Hall–Kier alpha value is -0.670. The molecule has 1 aromatic heterocycles. The summed E-state index contributed by atoms with van der Waals surface area (Å²) in [6, 6.07) is 0. The van der Waals surface area contributed by atoms with Gasteiger partial charge in [0.2, 0.25) is 0 Å². The van der Waals surface area contributed by atoms with E-state index in [4.69, 9.17) is 0 Å². The Kier molecular flexibility index (Phi) is 3.41. The molecule has 0 aliphatic heterocycles.